The second-order valence-corrected chi connectivity index (χ2v) is 4.82. The Morgan fingerprint density at radius 1 is 0.560 bits per heavy atom. The van der Waals surface area contributed by atoms with Crippen molar-refractivity contribution in [1.82, 2.24) is 0 Å². The highest BCUT2D eigenvalue weighted by Gasteiger charge is 3.07. The van der Waals surface area contributed by atoms with Crippen LogP contribution < -0.4 is 0 Å². The maximum atomic E-state index is 14.1. The van der Waals surface area contributed by atoms with E-state index in [0.29, 0.717) is 0 Å². The van der Waals surface area contributed by atoms with Gasteiger partial charge in [-0.15, -0.1) is 0 Å². The molecule has 1 atom stereocenters. The van der Waals surface area contributed by atoms with Gasteiger partial charge >= 0.3 is 53.3 Å². The van der Waals surface area contributed by atoms with E-state index >= 15 is 0 Å². The van der Waals surface area contributed by atoms with E-state index in [9.17, 15) is 61.5 Å². The number of hydrogen-bond donors (Lipinski definition) is 0. The normalized spacial score (nSPS) is 34.6. The predicted octanol–water partition coefficient (Wildman–Crippen LogP) is 4.62. The van der Waals surface area contributed by atoms with Crippen LogP contribution in [0.1, 0.15) is 0 Å². The van der Waals surface area contributed by atoms with Crippen LogP contribution in [0, 0.1) is 0 Å². The molecule has 1 heterocycles. The van der Waals surface area contributed by atoms with Crippen molar-refractivity contribution in [2.24, 2.45) is 0 Å². The van der Waals surface area contributed by atoms with E-state index in [1.165, 1.54) is 0 Å². The second kappa shape index (κ2) is 4.36. The zero-order valence-corrected chi connectivity index (χ0v) is 10.6. The van der Waals surface area contributed by atoms with Crippen LogP contribution in [-0.4, -0.2) is 41.3 Å². The van der Waals surface area contributed by atoms with Gasteiger partial charge in [0.25, 0.3) is 0 Å². The SMILES string of the molecule is FC1=C(F)OC2(O1)C(F)(F)C(F)(F)C(F)(F)C(F)(F)C2(F)C(F)(F)F. The Balaban J connectivity index is 2.97. The average molecular weight is 406 g/mol. The highest BCUT2D eigenvalue weighted by atomic mass is 19.4. The third-order valence-corrected chi connectivity index (χ3v) is 3.49. The number of alkyl halides is 12. The molecule has 1 aliphatic carbocycles. The Morgan fingerprint density at radius 3 is 1.20 bits per heavy atom. The van der Waals surface area contributed by atoms with Gasteiger partial charge in [-0.1, -0.05) is 0 Å². The smallest absolute Gasteiger partial charge is 0.413 e. The molecule has 1 aliphatic heterocycles. The fraction of sp³-hybridized carbons (Fsp3) is 0.778. The maximum Gasteiger partial charge on any atom is 0.437 e. The molecular formula is C9F14O2. The van der Waals surface area contributed by atoms with Gasteiger partial charge in [0.1, 0.15) is 0 Å². The van der Waals surface area contributed by atoms with Crippen LogP contribution in [-0.2, 0) is 9.47 Å². The molecule has 146 valence electrons. The standard InChI is InChI=1S/C9F14O2/c10-1-2(11)25-8(24-1)3(12,9(21,22)23)4(13,14)5(15,16)6(17,18)7(8,19)20. The molecule has 1 fully saturated rings. The van der Waals surface area contributed by atoms with Crippen LogP contribution in [0.3, 0.4) is 0 Å². The summed E-state index contributed by atoms with van der Waals surface area (Å²) < 4.78 is 190. The summed E-state index contributed by atoms with van der Waals surface area (Å²) in [6.45, 7) is 0. The first-order valence-electron chi connectivity index (χ1n) is 5.46. The van der Waals surface area contributed by atoms with Gasteiger partial charge in [-0.05, 0) is 0 Å². The largest absolute Gasteiger partial charge is 0.437 e. The van der Waals surface area contributed by atoms with Crippen LogP contribution in [0.4, 0.5) is 61.5 Å². The first kappa shape index (κ1) is 19.7. The molecule has 2 nitrogen and oxygen atoms in total. The predicted molar refractivity (Wildman–Crippen MR) is 43.8 cm³/mol. The van der Waals surface area contributed by atoms with E-state index in [1.54, 1.807) is 0 Å². The van der Waals surface area contributed by atoms with E-state index in [2.05, 4.69) is 9.47 Å². The topological polar surface area (TPSA) is 18.5 Å². The minimum Gasteiger partial charge on any atom is -0.413 e. The highest BCUT2D eigenvalue weighted by Crippen LogP contribution is 2.73. The Morgan fingerprint density at radius 2 is 0.880 bits per heavy atom. The van der Waals surface area contributed by atoms with Gasteiger partial charge in [0, 0.05) is 0 Å². The summed E-state index contributed by atoms with van der Waals surface area (Å²) in [5.41, 5.74) is -7.51. The van der Waals surface area contributed by atoms with E-state index in [0.717, 1.165) is 0 Å². The molecule has 0 radical (unpaired) electrons. The summed E-state index contributed by atoms with van der Waals surface area (Å²) >= 11 is 0. The molecule has 0 N–H and O–H groups in total. The van der Waals surface area contributed by atoms with Gasteiger partial charge in [0.15, 0.2) is 0 Å². The number of ether oxygens (including phenoxy) is 2. The Bertz CT molecular complexity index is 619. The monoisotopic (exact) mass is 406 g/mol. The first-order valence-corrected chi connectivity index (χ1v) is 5.46. The van der Waals surface area contributed by atoms with Crippen molar-refractivity contribution in [2.75, 3.05) is 0 Å². The van der Waals surface area contributed by atoms with Crippen molar-refractivity contribution in [3.05, 3.63) is 12.0 Å². The molecule has 2 rings (SSSR count). The lowest BCUT2D eigenvalue weighted by molar-refractivity contribution is -0.539. The van der Waals surface area contributed by atoms with E-state index in [4.69, 9.17) is 0 Å². The van der Waals surface area contributed by atoms with Crippen molar-refractivity contribution < 1.29 is 70.9 Å². The molecule has 1 spiro atoms. The summed E-state index contributed by atoms with van der Waals surface area (Å²) in [4.78, 5) is 0. The van der Waals surface area contributed by atoms with Crippen LogP contribution in [0.15, 0.2) is 12.0 Å². The molecule has 1 unspecified atom stereocenters. The molecule has 1 saturated carbocycles. The van der Waals surface area contributed by atoms with Crippen molar-refractivity contribution in [1.29, 1.82) is 0 Å². The second-order valence-electron chi connectivity index (χ2n) is 4.82. The van der Waals surface area contributed by atoms with Crippen LogP contribution >= 0.6 is 0 Å². The van der Waals surface area contributed by atoms with Gasteiger partial charge in [-0.25, -0.2) is 4.39 Å². The molecule has 0 aromatic heterocycles. The Hall–Kier alpha value is -1.64. The number of rotatable bonds is 0. The fourth-order valence-electron chi connectivity index (χ4n) is 2.23. The first-order chi connectivity index (χ1) is 10.8. The van der Waals surface area contributed by atoms with Gasteiger partial charge in [0.2, 0.25) is 0 Å². The van der Waals surface area contributed by atoms with Crippen molar-refractivity contribution in [3.8, 4) is 0 Å². The molecule has 0 aromatic carbocycles. The third-order valence-electron chi connectivity index (χ3n) is 3.49. The van der Waals surface area contributed by atoms with E-state index in [-0.39, 0.29) is 0 Å². The summed E-state index contributed by atoms with van der Waals surface area (Å²) in [5.74, 6) is -36.8. The summed E-state index contributed by atoms with van der Waals surface area (Å²) in [5, 5.41) is 0. The molecular weight excluding hydrogens is 406 g/mol. The summed E-state index contributed by atoms with van der Waals surface area (Å²) in [7, 11) is 0. The number of halogens is 14. The summed E-state index contributed by atoms with van der Waals surface area (Å²) in [6.07, 6.45) is -7.55. The quantitative estimate of drug-likeness (QED) is 0.547. The van der Waals surface area contributed by atoms with Crippen molar-refractivity contribution in [3.63, 3.8) is 0 Å². The van der Waals surface area contributed by atoms with E-state index in [1.807, 2.05) is 0 Å². The van der Waals surface area contributed by atoms with Gasteiger partial charge in [-0.2, -0.15) is 57.1 Å². The Kier molecular flexibility index (Phi) is 3.43. The zero-order chi connectivity index (χ0) is 20.1. The molecule has 0 bridgehead atoms. The van der Waals surface area contributed by atoms with Crippen LogP contribution in [0.25, 0.3) is 0 Å². The molecule has 16 heteroatoms. The average Bonchev–Trinajstić information content (AvgIpc) is 2.72. The highest BCUT2D eigenvalue weighted by molar-refractivity contribution is 5.31. The molecule has 0 aromatic rings. The molecule has 0 saturated heterocycles. The lowest BCUT2D eigenvalue weighted by atomic mass is 9.70. The minimum atomic E-state index is -7.71. The number of hydrogen-bond acceptors (Lipinski definition) is 2. The Labute approximate surface area is 126 Å². The zero-order valence-electron chi connectivity index (χ0n) is 10.6. The van der Waals surface area contributed by atoms with Gasteiger partial charge in [0.05, 0.1) is 0 Å². The molecule has 0 amide bonds. The fourth-order valence-corrected chi connectivity index (χ4v) is 2.23. The van der Waals surface area contributed by atoms with E-state index < -0.39 is 53.3 Å². The molecule has 2 aliphatic rings. The maximum absolute atomic E-state index is 14.1. The molecule has 25 heavy (non-hydrogen) atoms. The van der Waals surface area contributed by atoms with Crippen molar-refractivity contribution >= 4 is 0 Å². The lowest BCUT2D eigenvalue weighted by Crippen LogP contribution is -2.89. The van der Waals surface area contributed by atoms with Crippen LogP contribution in [0.5, 0.6) is 0 Å². The van der Waals surface area contributed by atoms with Gasteiger partial charge in [-0.3, -0.25) is 0 Å². The summed E-state index contributed by atoms with van der Waals surface area (Å²) in [6, 6.07) is -6.74. The van der Waals surface area contributed by atoms with Crippen LogP contribution in [0.2, 0.25) is 0 Å². The van der Waals surface area contributed by atoms with Crippen molar-refractivity contribution in [2.45, 2.75) is 41.3 Å². The minimum absolute atomic E-state index is 2.60. The lowest BCUT2D eigenvalue weighted by Gasteiger charge is -2.55. The third kappa shape index (κ3) is 1.63. The van der Waals surface area contributed by atoms with Gasteiger partial charge < -0.3 is 9.47 Å².